The number of benzene rings is 1. The summed E-state index contributed by atoms with van der Waals surface area (Å²) in [4.78, 5) is 12.5. The van der Waals surface area contributed by atoms with E-state index in [2.05, 4.69) is 13.6 Å². The van der Waals surface area contributed by atoms with E-state index in [1.165, 1.54) is 0 Å². The van der Waals surface area contributed by atoms with Crippen molar-refractivity contribution in [3.63, 3.8) is 0 Å². The first-order valence-corrected chi connectivity index (χ1v) is 5.15. The number of hydrogen-bond acceptors (Lipinski definition) is 4. The number of hydrogen-bond donors (Lipinski definition) is 1. The summed E-state index contributed by atoms with van der Waals surface area (Å²) in [6, 6.07) is 4.58. The lowest BCUT2D eigenvalue weighted by Gasteiger charge is -2.01. The quantitative estimate of drug-likeness (QED) is 0.484. The maximum Gasteiger partial charge on any atom is 0.403 e. The van der Waals surface area contributed by atoms with Crippen molar-refractivity contribution in [3.8, 4) is 5.75 Å². The Hall–Kier alpha value is -2.25. The van der Waals surface area contributed by atoms with Crippen molar-refractivity contribution in [2.45, 2.75) is 0 Å². The molecule has 0 aliphatic rings. The number of aromatic carboxylic acids is 1. The third-order valence-corrected chi connectivity index (χ3v) is 2.12. The average Bonchev–Trinajstić information content (AvgIpc) is 2.17. The van der Waals surface area contributed by atoms with Gasteiger partial charge in [0.1, 0.15) is 5.75 Å². The molecule has 0 atom stereocenters. The highest BCUT2D eigenvalue weighted by molar-refractivity contribution is 7.85. The molecule has 0 aromatic heterocycles. The van der Waals surface area contributed by atoms with E-state index in [0.717, 1.165) is 24.3 Å². The van der Waals surface area contributed by atoms with Crippen LogP contribution in [0.4, 0.5) is 0 Å². The van der Waals surface area contributed by atoms with Crippen LogP contribution in [0.25, 0.3) is 10.4 Å². The molecule has 0 spiro atoms. The Morgan fingerprint density at radius 1 is 1.38 bits per heavy atom. The van der Waals surface area contributed by atoms with E-state index >= 15 is 0 Å². The van der Waals surface area contributed by atoms with Crippen molar-refractivity contribution in [3.05, 3.63) is 40.3 Å². The SMILES string of the molecule is [N-]=[N+]=NS(=O)(=O)Oc1ccc(C(=O)O)cc1. The van der Waals surface area contributed by atoms with E-state index in [1.54, 1.807) is 0 Å². The smallest absolute Gasteiger partial charge is 0.403 e. The molecule has 0 bridgehead atoms. The summed E-state index contributed by atoms with van der Waals surface area (Å²) in [6.45, 7) is 0. The Morgan fingerprint density at radius 2 is 1.94 bits per heavy atom. The highest BCUT2D eigenvalue weighted by Crippen LogP contribution is 2.15. The predicted molar refractivity (Wildman–Crippen MR) is 52.1 cm³/mol. The second-order valence-corrected chi connectivity index (χ2v) is 3.70. The van der Waals surface area contributed by atoms with Gasteiger partial charge in [0.25, 0.3) is 0 Å². The summed E-state index contributed by atoms with van der Waals surface area (Å²) in [6.07, 6.45) is 0. The van der Waals surface area contributed by atoms with Crippen LogP contribution in [0.15, 0.2) is 28.8 Å². The number of carbonyl (C=O) groups is 1. The number of azide groups is 1. The molecule has 9 heteroatoms. The molecule has 1 rings (SSSR count). The summed E-state index contributed by atoms with van der Waals surface area (Å²) >= 11 is 0. The van der Waals surface area contributed by atoms with Gasteiger partial charge in [0.05, 0.1) is 10.1 Å². The van der Waals surface area contributed by atoms with Crippen LogP contribution in [-0.4, -0.2) is 19.5 Å². The van der Waals surface area contributed by atoms with Crippen LogP contribution in [0.2, 0.25) is 0 Å². The van der Waals surface area contributed by atoms with Gasteiger partial charge in [-0.1, -0.05) is 0 Å². The van der Waals surface area contributed by atoms with E-state index in [4.69, 9.17) is 10.6 Å². The molecule has 84 valence electrons. The minimum absolute atomic E-state index is 0.0199. The zero-order valence-electron chi connectivity index (χ0n) is 7.64. The summed E-state index contributed by atoms with van der Waals surface area (Å²) in [5.74, 6) is -1.29. The van der Waals surface area contributed by atoms with Crippen LogP contribution in [0.5, 0.6) is 5.75 Å². The molecule has 0 fully saturated rings. The minimum atomic E-state index is -4.36. The van der Waals surface area contributed by atoms with E-state index in [1.807, 2.05) is 0 Å². The van der Waals surface area contributed by atoms with E-state index in [-0.39, 0.29) is 11.3 Å². The van der Waals surface area contributed by atoms with Crippen molar-refractivity contribution in [2.24, 2.45) is 4.52 Å². The highest BCUT2D eigenvalue weighted by Gasteiger charge is 2.10. The lowest BCUT2D eigenvalue weighted by Crippen LogP contribution is -2.04. The molecule has 0 saturated heterocycles. The van der Waals surface area contributed by atoms with Gasteiger partial charge in [-0.2, -0.15) is 8.42 Å². The molecule has 0 aliphatic heterocycles. The first kappa shape index (κ1) is 11.8. The molecule has 0 amide bonds. The van der Waals surface area contributed by atoms with E-state index in [9.17, 15) is 13.2 Å². The Labute approximate surface area is 90.0 Å². The molecule has 0 radical (unpaired) electrons. The standard InChI is InChI=1S/C7H5N3O5S/c8-9-10-16(13,14)15-6-3-1-5(2-4-6)7(11)12/h1-4H,(H,11,12). The fraction of sp³-hybridized carbons (Fsp3) is 0. The number of carboxylic acids is 1. The van der Waals surface area contributed by atoms with Crippen molar-refractivity contribution in [2.75, 3.05) is 0 Å². The first-order chi connectivity index (χ1) is 7.44. The van der Waals surface area contributed by atoms with Crippen molar-refractivity contribution < 1.29 is 22.5 Å². The number of nitrogens with zero attached hydrogens (tertiary/aromatic N) is 3. The molecule has 1 aromatic carbocycles. The summed E-state index contributed by atoms with van der Waals surface area (Å²) < 4.78 is 28.5. The Kier molecular flexibility index (Phi) is 3.33. The largest absolute Gasteiger partial charge is 0.478 e. The average molecular weight is 243 g/mol. The molecular formula is C7H5N3O5S. The second kappa shape index (κ2) is 4.51. The maximum absolute atomic E-state index is 10.9. The lowest BCUT2D eigenvalue weighted by atomic mass is 10.2. The van der Waals surface area contributed by atoms with Crippen LogP contribution in [0, 0.1) is 0 Å². The Bertz CT molecular complexity index is 544. The molecule has 0 aliphatic carbocycles. The van der Waals surface area contributed by atoms with Crippen LogP contribution < -0.4 is 4.18 Å². The van der Waals surface area contributed by atoms with E-state index < -0.39 is 16.3 Å². The van der Waals surface area contributed by atoms with Gasteiger partial charge in [-0.3, -0.25) is 0 Å². The molecule has 16 heavy (non-hydrogen) atoms. The van der Waals surface area contributed by atoms with Crippen LogP contribution >= 0.6 is 0 Å². The van der Waals surface area contributed by atoms with Gasteiger partial charge in [-0.25, -0.2) is 4.79 Å². The van der Waals surface area contributed by atoms with E-state index in [0.29, 0.717) is 0 Å². The van der Waals surface area contributed by atoms with Gasteiger partial charge >= 0.3 is 16.3 Å². The predicted octanol–water partition coefficient (Wildman–Crippen LogP) is 1.32. The fourth-order valence-corrected chi connectivity index (χ4v) is 1.31. The zero-order valence-corrected chi connectivity index (χ0v) is 8.46. The third-order valence-electron chi connectivity index (χ3n) is 1.44. The van der Waals surface area contributed by atoms with Gasteiger partial charge in [0.15, 0.2) is 0 Å². The zero-order chi connectivity index (χ0) is 12.2. The Balaban J connectivity index is 2.92. The summed E-state index contributed by atoms with van der Waals surface area (Å²) in [7, 11) is -4.36. The molecule has 1 aromatic rings. The molecule has 0 unspecified atom stereocenters. The van der Waals surface area contributed by atoms with Gasteiger partial charge < -0.3 is 9.29 Å². The number of carboxylic acid groups (broad SMARTS) is 1. The topological polar surface area (TPSA) is 129 Å². The van der Waals surface area contributed by atoms with Crippen LogP contribution in [0.1, 0.15) is 10.4 Å². The van der Waals surface area contributed by atoms with Crippen molar-refractivity contribution in [1.82, 2.24) is 0 Å². The number of rotatable bonds is 4. The Morgan fingerprint density at radius 3 is 2.38 bits per heavy atom. The highest BCUT2D eigenvalue weighted by atomic mass is 32.2. The van der Waals surface area contributed by atoms with Gasteiger partial charge in [0.2, 0.25) is 0 Å². The van der Waals surface area contributed by atoms with Crippen molar-refractivity contribution >= 4 is 16.3 Å². The molecule has 8 nitrogen and oxygen atoms in total. The summed E-state index contributed by atoms with van der Waals surface area (Å²) in [5, 5.41) is 8.57. The summed E-state index contributed by atoms with van der Waals surface area (Å²) in [5.41, 5.74) is 7.90. The molecule has 0 heterocycles. The van der Waals surface area contributed by atoms with Crippen LogP contribution in [0.3, 0.4) is 0 Å². The van der Waals surface area contributed by atoms with Gasteiger partial charge in [-0.05, 0) is 29.8 Å². The van der Waals surface area contributed by atoms with Gasteiger partial charge in [-0.15, -0.1) is 0 Å². The third kappa shape index (κ3) is 3.15. The first-order valence-electron chi connectivity index (χ1n) is 3.79. The second-order valence-electron chi connectivity index (χ2n) is 2.51. The normalized spacial score (nSPS) is 10.2. The lowest BCUT2D eigenvalue weighted by molar-refractivity contribution is 0.0697. The monoisotopic (exact) mass is 243 g/mol. The van der Waals surface area contributed by atoms with Crippen LogP contribution in [-0.2, 0) is 10.3 Å². The van der Waals surface area contributed by atoms with Gasteiger partial charge in [0, 0.05) is 4.91 Å². The fourth-order valence-electron chi connectivity index (χ4n) is 0.836. The minimum Gasteiger partial charge on any atom is -0.478 e. The van der Waals surface area contributed by atoms with Crippen molar-refractivity contribution in [1.29, 1.82) is 0 Å². The maximum atomic E-state index is 10.9. The molecule has 0 saturated carbocycles. The molecule has 1 N–H and O–H groups in total. The molecular weight excluding hydrogens is 238 g/mol.